The van der Waals surface area contributed by atoms with Crippen molar-refractivity contribution in [1.29, 1.82) is 0 Å². The second-order valence-corrected chi connectivity index (χ2v) is 4.69. The van der Waals surface area contributed by atoms with E-state index in [1.807, 2.05) is 18.2 Å². The third-order valence-electron chi connectivity index (χ3n) is 2.99. The van der Waals surface area contributed by atoms with E-state index >= 15 is 0 Å². The number of benzene rings is 1. The van der Waals surface area contributed by atoms with Crippen LogP contribution in [0, 0.1) is 6.92 Å². The van der Waals surface area contributed by atoms with Crippen LogP contribution in [0.1, 0.15) is 11.4 Å². The fraction of sp³-hybridized carbons (Fsp3) is 0.200. The smallest absolute Gasteiger partial charge is 0.412 e. The molecular weight excluding hydrogens is 302 g/mol. The van der Waals surface area contributed by atoms with Gasteiger partial charge in [0.15, 0.2) is 0 Å². The van der Waals surface area contributed by atoms with Gasteiger partial charge in [-0.2, -0.15) is 0 Å². The fourth-order valence-corrected chi connectivity index (χ4v) is 1.85. The van der Waals surface area contributed by atoms with E-state index < -0.39 is 24.2 Å². The average Bonchev–Trinajstić information content (AvgIpc) is 2.53. The summed E-state index contributed by atoms with van der Waals surface area (Å²) in [7, 11) is 0. The molecule has 1 heterocycles. The molecule has 0 bridgehead atoms. The van der Waals surface area contributed by atoms with Crippen LogP contribution in [0.2, 0.25) is 0 Å². The van der Waals surface area contributed by atoms with Crippen molar-refractivity contribution in [2.45, 2.75) is 20.1 Å². The number of aryl methyl sites for hydroxylation is 1. The van der Waals surface area contributed by atoms with Crippen LogP contribution in [0.3, 0.4) is 0 Å². The Kier molecular flexibility index (Phi) is 5.08. The number of carbonyl (C=O) groups is 2. The minimum atomic E-state index is -1.18. The third-order valence-corrected chi connectivity index (χ3v) is 2.99. The molecule has 2 aromatic rings. The third kappa shape index (κ3) is 4.40. The summed E-state index contributed by atoms with van der Waals surface area (Å²) in [4.78, 5) is 38.5. The molecule has 1 aromatic carbocycles. The van der Waals surface area contributed by atoms with Gasteiger partial charge >= 0.3 is 12.1 Å². The molecule has 0 aliphatic heterocycles. The Bertz CT molecular complexity index is 770. The number of carboxylic acid groups (broad SMARTS) is 1. The average molecular weight is 317 g/mol. The quantitative estimate of drug-likeness (QED) is 0.862. The van der Waals surface area contributed by atoms with Crippen molar-refractivity contribution in [2.24, 2.45) is 0 Å². The maximum atomic E-state index is 12.1. The van der Waals surface area contributed by atoms with Crippen molar-refractivity contribution in [3.05, 3.63) is 58.3 Å². The summed E-state index contributed by atoms with van der Waals surface area (Å²) in [5.74, 6) is -0.943. The first kappa shape index (κ1) is 16.2. The van der Waals surface area contributed by atoms with Crippen LogP contribution in [0.4, 0.5) is 10.5 Å². The van der Waals surface area contributed by atoms with Crippen molar-refractivity contribution in [1.82, 2.24) is 9.55 Å². The maximum Gasteiger partial charge on any atom is 0.412 e. The molecule has 8 nitrogen and oxygen atoms in total. The summed E-state index contributed by atoms with van der Waals surface area (Å²) in [6, 6.07) is 9.05. The molecule has 0 saturated heterocycles. The Morgan fingerprint density at radius 2 is 2.00 bits per heavy atom. The largest absolute Gasteiger partial charge is 0.480 e. The molecule has 1 aromatic heterocycles. The van der Waals surface area contributed by atoms with E-state index in [-0.39, 0.29) is 18.1 Å². The lowest BCUT2D eigenvalue weighted by Gasteiger charge is -2.10. The maximum absolute atomic E-state index is 12.1. The van der Waals surface area contributed by atoms with E-state index in [9.17, 15) is 14.4 Å². The molecule has 0 radical (unpaired) electrons. The standard InChI is InChI=1S/C15H15N3O5/c1-10-16-7-12(14(21)18(10)8-13(19)20)17-15(22)23-9-11-5-3-2-4-6-11/h2-7H,8-9H2,1H3,(H,17,22)(H,19,20). The fourth-order valence-electron chi connectivity index (χ4n) is 1.85. The van der Waals surface area contributed by atoms with Crippen LogP contribution < -0.4 is 10.9 Å². The number of carbonyl (C=O) groups excluding carboxylic acids is 1. The molecule has 23 heavy (non-hydrogen) atoms. The van der Waals surface area contributed by atoms with E-state index in [1.54, 1.807) is 12.1 Å². The van der Waals surface area contributed by atoms with Crippen molar-refractivity contribution in [3.8, 4) is 0 Å². The van der Waals surface area contributed by atoms with Gasteiger partial charge in [-0.1, -0.05) is 30.3 Å². The first-order chi connectivity index (χ1) is 11.0. The summed E-state index contributed by atoms with van der Waals surface area (Å²) in [5.41, 5.74) is -0.000517. The van der Waals surface area contributed by atoms with Crippen LogP contribution in [0.5, 0.6) is 0 Å². The first-order valence-electron chi connectivity index (χ1n) is 6.73. The molecule has 0 fully saturated rings. The van der Waals surface area contributed by atoms with Crippen LogP contribution in [-0.4, -0.2) is 26.7 Å². The number of aromatic nitrogens is 2. The Morgan fingerprint density at radius 1 is 1.30 bits per heavy atom. The van der Waals surface area contributed by atoms with Crippen molar-refractivity contribution >= 4 is 17.7 Å². The molecule has 8 heteroatoms. The van der Waals surface area contributed by atoms with E-state index in [4.69, 9.17) is 9.84 Å². The molecule has 0 aliphatic rings. The normalized spacial score (nSPS) is 10.1. The summed E-state index contributed by atoms with van der Waals surface area (Å²) in [6.45, 7) is 1.02. The molecule has 0 saturated carbocycles. The molecule has 0 unspecified atom stereocenters. The van der Waals surface area contributed by atoms with E-state index in [0.717, 1.165) is 10.1 Å². The Balaban J connectivity index is 2.06. The Labute approximate surface area is 131 Å². The highest BCUT2D eigenvalue weighted by Gasteiger charge is 2.13. The summed E-state index contributed by atoms with van der Waals surface area (Å²) >= 11 is 0. The van der Waals surface area contributed by atoms with Crippen LogP contribution in [-0.2, 0) is 22.7 Å². The summed E-state index contributed by atoms with van der Waals surface area (Å²) in [5, 5.41) is 11.1. The van der Waals surface area contributed by atoms with E-state index in [2.05, 4.69) is 10.3 Å². The highest BCUT2D eigenvalue weighted by Crippen LogP contribution is 2.04. The second-order valence-electron chi connectivity index (χ2n) is 4.69. The number of hydrogen-bond donors (Lipinski definition) is 2. The number of nitrogens with zero attached hydrogens (tertiary/aromatic N) is 2. The van der Waals surface area contributed by atoms with Crippen molar-refractivity contribution < 1.29 is 19.4 Å². The second kappa shape index (κ2) is 7.21. The number of ether oxygens (including phenoxy) is 1. The molecule has 120 valence electrons. The van der Waals surface area contributed by atoms with E-state index in [0.29, 0.717) is 0 Å². The predicted octanol–water partition coefficient (Wildman–Crippen LogP) is 1.39. The topological polar surface area (TPSA) is 111 Å². The molecule has 2 rings (SSSR count). The SMILES string of the molecule is Cc1ncc(NC(=O)OCc2ccccc2)c(=O)n1CC(=O)O. The van der Waals surface area contributed by atoms with Crippen LogP contribution in [0.25, 0.3) is 0 Å². The van der Waals surface area contributed by atoms with Gasteiger partial charge in [-0.15, -0.1) is 0 Å². The van der Waals surface area contributed by atoms with Crippen molar-refractivity contribution in [3.63, 3.8) is 0 Å². The lowest BCUT2D eigenvalue weighted by atomic mass is 10.2. The minimum absolute atomic E-state index is 0.0509. The lowest BCUT2D eigenvalue weighted by Crippen LogP contribution is -2.30. The zero-order valence-corrected chi connectivity index (χ0v) is 12.4. The number of carboxylic acids is 1. The molecule has 1 amide bonds. The van der Waals surface area contributed by atoms with Gasteiger partial charge in [0.25, 0.3) is 5.56 Å². The van der Waals surface area contributed by atoms with Gasteiger partial charge in [0.05, 0.1) is 6.20 Å². The first-order valence-corrected chi connectivity index (χ1v) is 6.73. The van der Waals surface area contributed by atoms with Crippen LogP contribution >= 0.6 is 0 Å². The predicted molar refractivity (Wildman–Crippen MR) is 81.1 cm³/mol. The number of rotatable bonds is 5. The van der Waals surface area contributed by atoms with Crippen LogP contribution in [0.15, 0.2) is 41.3 Å². The molecule has 2 N–H and O–H groups in total. The van der Waals surface area contributed by atoms with E-state index in [1.165, 1.54) is 13.1 Å². The molecular formula is C15H15N3O5. The molecule has 0 aliphatic carbocycles. The Morgan fingerprint density at radius 3 is 2.65 bits per heavy atom. The summed E-state index contributed by atoms with van der Waals surface area (Å²) in [6.07, 6.45) is 0.346. The summed E-state index contributed by atoms with van der Waals surface area (Å²) < 4.78 is 5.95. The molecule has 0 spiro atoms. The van der Waals surface area contributed by atoms with Gasteiger partial charge in [-0.05, 0) is 12.5 Å². The highest BCUT2D eigenvalue weighted by molar-refractivity contribution is 5.84. The van der Waals surface area contributed by atoms with Gasteiger partial charge in [0, 0.05) is 0 Å². The molecule has 0 atom stereocenters. The zero-order valence-electron chi connectivity index (χ0n) is 12.4. The van der Waals surface area contributed by atoms with Gasteiger partial charge in [0.1, 0.15) is 24.7 Å². The number of anilines is 1. The van der Waals surface area contributed by atoms with Gasteiger partial charge in [0.2, 0.25) is 0 Å². The minimum Gasteiger partial charge on any atom is -0.480 e. The van der Waals surface area contributed by atoms with Gasteiger partial charge < -0.3 is 9.84 Å². The highest BCUT2D eigenvalue weighted by atomic mass is 16.5. The lowest BCUT2D eigenvalue weighted by molar-refractivity contribution is -0.137. The Hall–Kier alpha value is -3.16. The van der Waals surface area contributed by atoms with Crippen molar-refractivity contribution in [2.75, 3.05) is 5.32 Å². The van der Waals surface area contributed by atoms with Gasteiger partial charge in [-0.25, -0.2) is 9.78 Å². The number of aliphatic carboxylic acids is 1. The number of nitrogens with one attached hydrogen (secondary N) is 1. The number of hydrogen-bond acceptors (Lipinski definition) is 5. The monoisotopic (exact) mass is 317 g/mol. The van der Waals surface area contributed by atoms with Gasteiger partial charge in [-0.3, -0.25) is 19.5 Å². The number of amides is 1. The zero-order chi connectivity index (χ0) is 16.8.